The molecule has 0 saturated heterocycles. The standard InChI is InChI=1S/C23H17N3O4S/c27-22-9-5-17(25-26-22)14-2-1-3-16(12-14)24-23(28)21-8-7-20(31-21)15-4-6-18-19(13-15)30-11-10-29-18/h1-9,12-13H,10-11H2,(H,24,28)(H,26,27). The number of hydrogen-bond donors (Lipinski definition) is 2. The molecular formula is C23H17N3O4S. The summed E-state index contributed by atoms with van der Waals surface area (Å²) in [6.07, 6.45) is 0. The van der Waals surface area contributed by atoms with E-state index in [0.29, 0.717) is 29.5 Å². The molecular weight excluding hydrogens is 414 g/mol. The molecule has 2 aromatic carbocycles. The predicted octanol–water partition coefficient (Wildman–Crippen LogP) is 4.19. The molecule has 1 aliphatic heterocycles. The number of aromatic amines is 1. The van der Waals surface area contributed by atoms with Crippen LogP contribution in [0.15, 0.2) is 71.5 Å². The molecule has 8 heteroatoms. The molecule has 0 aliphatic carbocycles. The van der Waals surface area contributed by atoms with Gasteiger partial charge in [-0.05, 0) is 54.1 Å². The number of thiophene rings is 1. The number of rotatable bonds is 4. The minimum absolute atomic E-state index is 0.194. The Morgan fingerprint density at radius 2 is 1.81 bits per heavy atom. The zero-order chi connectivity index (χ0) is 21.2. The van der Waals surface area contributed by atoms with Crippen molar-refractivity contribution in [3.63, 3.8) is 0 Å². The average molecular weight is 431 g/mol. The summed E-state index contributed by atoms with van der Waals surface area (Å²) in [6.45, 7) is 1.08. The summed E-state index contributed by atoms with van der Waals surface area (Å²) < 4.78 is 11.2. The van der Waals surface area contributed by atoms with Crippen molar-refractivity contribution in [3.8, 4) is 33.2 Å². The third kappa shape index (κ3) is 4.06. The summed E-state index contributed by atoms with van der Waals surface area (Å²) in [5, 5.41) is 9.36. The molecule has 1 amide bonds. The minimum atomic E-state index is -0.264. The van der Waals surface area contributed by atoms with Crippen molar-refractivity contribution < 1.29 is 14.3 Å². The second-order valence-electron chi connectivity index (χ2n) is 6.86. The second kappa shape index (κ2) is 8.08. The van der Waals surface area contributed by atoms with Crippen LogP contribution in [0.4, 0.5) is 5.69 Å². The van der Waals surface area contributed by atoms with E-state index in [-0.39, 0.29) is 11.5 Å². The molecule has 154 valence electrons. The Balaban J connectivity index is 1.34. The highest BCUT2D eigenvalue weighted by molar-refractivity contribution is 7.17. The maximum Gasteiger partial charge on any atom is 0.265 e. The number of anilines is 1. The van der Waals surface area contributed by atoms with Crippen LogP contribution in [-0.4, -0.2) is 29.3 Å². The Kier molecular flexibility index (Phi) is 4.97. The van der Waals surface area contributed by atoms with Crippen LogP contribution >= 0.6 is 11.3 Å². The number of hydrogen-bond acceptors (Lipinski definition) is 6. The molecule has 2 aromatic heterocycles. The third-order valence-corrected chi connectivity index (χ3v) is 5.88. The number of carbonyl (C=O) groups excluding carboxylic acids is 1. The molecule has 31 heavy (non-hydrogen) atoms. The monoisotopic (exact) mass is 431 g/mol. The lowest BCUT2D eigenvalue weighted by Gasteiger charge is -2.18. The number of carbonyl (C=O) groups is 1. The largest absolute Gasteiger partial charge is 0.486 e. The van der Waals surface area contributed by atoms with Crippen molar-refractivity contribution in [1.29, 1.82) is 0 Å². The summed E-state index contributed by atoms with van der Waals surface area (Å²) >= 11 is 1.41. The van der Waals surface area contributed by atoms with Gasteiger partial charge in [0.25, 0.3) is 11.5 Å². The maximum atomic E-state index is 12.8. The van der Waals surface area contributed by atoms with Gasteiger partial charge < -0.3 is 14.8 Å². The quantitative estimate of drug-likeness (QED) is 0.505. The number of nitrogens with one attached hydrogen (secondary N) is 2. The summed E-state index contributed by atoms with van der Waals surface area (Å²) in [6, 6.07) is 19.9. The molecule has 3 heterocycles. The van der Waals surface area contributed by atoms with Crippen LogP contribution in [0.1, 0.15) is 9.67 Å². The van der Waals surface area contributed by atoms with Gasteiger partial charge in [-0.2, -0.15) is 5.10 Å². The van der Waals surface area contributed by atoms with Crippen molar-refractivity contribution in [2.75, 3.05) is 18.5 Å². The Morgan fingerprint density at radius 1 is 0.935 bits per heavy atom. The first-order valence-corrected chi connectivity index (χ1v) is 10.4. The second-order valence-corrected chi connectivity index (χ2v) is 7.95. The normalized spacial score (nSPS) is 12.4. The molecule has 0 fully saturated rings. The van der Waals surface area contributed by atoms with Crippen molar-refractivity contribution in [2.24, 2.45) is 0 Å². The van der Waals surface area contributed by atoms with E-state index in [1.54, 1.807) is 12.1 Å². The molecule has 0 unspecified atom stereocenters. The molecule has 0 saturated carbocycles. The number of ether oxygens (including phenoxy) is 2. The minimum Gasteiger partial charge on any atom is -0.486 e. The number of aromatic nitrogens is 2. The molecule has 0 spiro atoms. The van der Waals surface area contributed by atoms with E-state index in [1.807, 2.05) is 48.5 Å². The SMILES string of the molecule is O=C(Nc1cccc(-c2ccc(=O)[nH]n2)c1)c1ccc(-c2ccc3c(c2)OCCO3)s1. The van der Waals surface area contributed by atoms with Gasteiger partial charge in [-0.1, -0.05) is 12.1 Å². The lowest BCUT2D eigenvalue weighted by Crippen LogP contribution is -2.15. The highest BCUT2D eigenvalue weighted by Crippen LogP contribution is 2.37. The molecule has 7 nitrogen and oxygen atoms in total. The van der Waals surface area contributed by atoms with E-state index < -0.39 is 0 Å². The van der Waals surface area contributed by atoms with Gasteiger partial charge in [0, 0.05) is 22.2 Å². The zero-order valence-corrected chi connectivity index (χ0v) is 17.1. The highest BCUT2D eigenvalue weighted by atomic mass is 32.1. The van der Waals surface area contributed by atoms with Gasteiger partial charge in [0.2, 0.25) is 0 Å². The number of benzene rings is 2. The third-order valence-electron chi connectivity index (χ3n) is 4.75. The van der Waals surface area contributed by atoms with Crippen LogP contribution in [0.2, 0.25) is 0 Å². The van der Waals surface area contributed by atoms with Crippen molar-refractivity contribution in [2.45, 2.75) is 0 Å². The number of H-pyrrole nitrogens is 1. The van der Waals surface area contributed by atoms with Crippen molar-refractivity contribution >= 4 is 22.9 Å². The van der Waals surface area contributed by atoms with E-state index in [4.69, 9.17) is 9.47 Å². The summed E-state index contributed by atoms with van der Waals surface area (Å²) in [4.78, 5) is 25.5. The Bertz CT molecular complexity index is 1310. The first-order chi connectivity index (χ1) is 15.2. The van der Waals surface area contributed by atoms with E-state index in [2.05, 4.69) is 15.5 Å². The highest BCUT2D eigenvalue weighted by Gasteiger charge is 2.15. The number of fused-ring (bicyclic) bond motifs is 1. The average Bonchev–Trinajstić information content (AvgIpc) is 3.30. The van der Waals surface area contributed by atoms with Gasteiger partial charge in [-0.25, -0.2) is 5.10 Å². The Labute approximate surface area is 181 Å². The predicted molar refractivity (Wildman–Crippen MR) is 119 cm³/mol. The van der Waals surface area contributed by atoms with Gasteiger partial charge in [-0.3, -0.25) is 9.59 Å². The van der Waals surface area contributed by atoms with Crippen LogP contribution in [-0.2, 0) is 0 Å². The van der Waals surface area contributed by atoms with Crippen LogP contribution in [0, 0.1) is 0 Å². The molecule has 2 N–H and O–H groups in total. The smallest absolute Gasteiger partial charge is 0.265 e. The molecule has 0 atom stereocenters. The van der Waals surface area contributed by atoms with E-state index in [0.717, 1.165) is 27.5 Å². The fourth-order valence-corrected chi connectivity index (χ4v) is 4.16. The fourth-order valence-electron chi connectivity index (χ4n) is 3.27. The van der Waals surface area contributed by atoms with Crippen LogP contribution in [0.25, 0.3) is 21.7 Å². The van der Waals surface area contributed by atoms with Gasteiger partial charge in [-0.15, -0.1) is 11.3 Å². The van der Waals surface area contributed by atoms with E-state index in [9.17, 15) is 9.59 Å². The van der Waals surface area contributed by atoms with Gasteiger partial charge in [0.05, 0.1) is 10.6 Å². The topological polar surface area (TPSA) is 93.3 Å². The van der Waals surface area contributed by atoms with Gasteiger partial charge in [0.15, 0.2) is 11.5 Å². The van der Waals surface area contributed by atoms with Crippen LogP contribution < -0.4 is 20.3 Å². The molecule has 5 rings (SSSR count). The first kappa shape index (κ1) is 19.1. The van der Waals surface area contributed by atoms with Crippen molar-refractivity contribution in [3.05, 3.63) is 82.0 Å². The molecule has 0 bridgehead atoms. The van der Waals surface area contributed by atoms with Crippen LogP contribution in [0.5, 0.6) is 11.5 Å². The summed E-state index contributed by atoms with van der Waals surface area (Å²) in [5.41, 5.74) is 2.76. The zero-order valence-electron chi connectivity index (χ0n) is 16.3. The lowest BCUT2D eigenvalue weighted by molar-refractivity contribution is 0.103. The molecule has 4 aromatic rings. The van der Waals surface area contributed by atoms with E-state index in [1.165, 1.54) is 17.4 Å². The van der Waals surface area contributed by atoms with E-state index >= 15 is 0 Å². The van der Waals surface area contributed by atoms with Crippen molar-refractivity contribution in [1.82, 2.24) is 10.2 Å². The molecule has 0 radical (unpaired) electrons. The van der Waals surface area contributed by atoms with Gasteiger partial charge in [0.1, 0.15) is 13.2 Å². The van der Waals surface area contributed by atoms with Gasteiger partial charge >= 0.3 is 0 Å². The number of nitrogens with zero attached hydrogens (tertiary/aromatic N) is 1. The maximum absolute atomic E-state index is 12.8. The first-order valence-electron chi connectivity index (χ1n) is 9.63. The summed E-state index contributed by atoms with van der Waals surface area (Å²) in [7, 11) is 0. The molecule has 1 aliphatic rings. The Morgan fingerprint density at radius 3 is 2.65 bits per heavy atom. The fraction of sp³-hybridized carbons (Fsp3) is 0.0870. The lowest BCUT2D eigenvalue weighted by atomic mass is 10.1. The summed E-state index contributed by atoms with van der Waals surface area (Å²) in [5.74, 6) is 1.26. The van der Waals surface area contributed by atoms with Crippen LogP contribution in [0.3, 0.4) is 0 Å². The number of amides is 1. The Hall–Kier alpha value is -3.91.